The number of carboxylic acids is 1. The molecule has 1 atom stereocenters. The second kappa shape index (κ2) is 7.09. The molecule has 0 aromatic carbocycles. The summed E-state index contributed by atoms with van der Waals surface area (Å²) in [7, 11) is 1.63. The predicted molar refractivity (Wildman–Crippen MR) is 73.3 cm³/mol. The second-order valence-electron chi connectivity index (χ2n) is 4.71. The van der Waals surface area contributed by atoms with Crippen LogP contribution in [-0.4, -0.2) is 41.2 Å². The van der Waals surface area contributed by atoms with Gasteiger partial charge in [-0.05, 0) is 13.5 Å². The molecule has 19 heavy (non-hydrogen) atoms. The number of pyridine rings is 1. The van der Waals surface area contributed by atoms with Crippen molar-refractivity contribution in [3.8, 4) is 5.75 Å². The fourth-order valence-corrected chi connectivity index (χ4v) is 1.90. The molecule has 0 saturated heterocycles. The maximum absolute atomic E-state index is 10.9. The standard InChI is InChI=1S/C14H22N2O3/c1-5-16(8-10(2)14(17)18)9-12-7-13(19-4)6-11(3)15-12/h6-7,10H,5,8-9H2,1-4H3,(H,17,18). The van der Waals surface area contributed by atoms with Crippen LogP contribution in [-0.2, 0) is 11.3 Å². The van der Waals surface area contributed by atoms with Gasteiger partial charge in [0.05, 0.1) is 18.7 Å². The van der Waals surface area contributed by atoms with Crippen molar-refractivity contribution < 1.29 is 14.6 Å². The molecule has 1 N–H and O–H groups in total. The van der Waals surface area contributed by atoms with E-state index in [4.69, 9.17) is 9.84 Å². The van der Waals surface area contributed by atoms with Crippen molar-refractivity contribution >= 4 is 5.97 Å². The van der Waals surface area contributed by atoms with Crippen molar-refractivity contribution in [3.05, 3.63) is 23.5 Å². The molecule has 0 bridgehead atoms. The molecule has 0 aliphatic carbocycles. The number of rotatable bonds is 7. The molecular formula is C14H22N2O3. The predicted octanol–water partition coefficient (Wildman–Crippen LogP) is 1.94. The van der Waals surface area contributed by atoms with Crippen LogP contribution in [0.2, 0.25) is 0 Å². The number of hydrogen-bond acceptors (Lipinski definition) is 4. The van der Waals surface area contributed by atoms with E-state index in [0.717, 1.165) is 23.7 Å². The van der Waals surface area contributed by atoms with Crippen LogP contribution in [0.3, 0.4) is 0 Å². The van der Waals surface area contributed by atoms with Gasteiger partial charge in [-0.1, -0.05) is 13.8 Å². The zero-order valence-corrected chi connectivity index (χ0v) is 12.0. The minimum atomic E-state index is -0.770. The maximum Gasteiger partial charge on any atom is 0.307 e. The Morgan fingerprint density at radius 2 is 2.21 bits per heavy atom. The van der Waals surface area contributed by atoms with Crippen LogP contribution in [0.15, 0.2) is 12.1 Å². The zero-order chi connectivity index (χ0) is 14.4. The largest absolute Gasteiger partial charge is 0.497 e. The lowest BCUT2D eigenvalue weighted by atomic mass is 10.1. The molecule has 1 rings (SSSR count). The topological polar surface area (TPSA) is 62.7 Å². The molecule has 0 aliphatic rings. The summed E-state index contributed by atoms with van der Waals surface area (Å²) in [5.74, 6) is -0.371. The first-order chi connectivity index (χ1) is 8.96. The fourth-order valence-electron chi connectivity index (χ4n) is 1.90. The van der Waals surface area contributed by atoms with E-state index in [1.54, 1.807) is 14.0 Å². The van der Waals surface area contributed by atoms with Crippen molar-refractivity contribution in [2.75, 3.05) is 20.2 Å². The molecule has 1 heterocycles. The van der Waals surface area contributed by atoms with Gasteiger partial charge in [0, 0.05) is 30.9 Å². The lowest BCUT2D eigenvalue weighted by molar-refractivity contribution is -0.141. The summed E-state index contributed by atoms with van der Waals surface area (Å²) in [4.78, 5) is 17.4. The van der Waals surface area contributed by atoms with Gasteiger partial charge in [-0.2, -0.15) is 0 Å². The Labute approximate surface area is 114 Å². The maximum atomic E-state index is 10.9. The molecule has 1 aromatic rings. The van der Waals surface area contributed by atoms with Gasteiger partial charge in [-0.25, -0.2) is 0 Å². The monoisotopic (exact) mass is 266 g/mol. The summed E-state index contributed by atoms with van der Waals surface area (Å²) < 4.78 is 5.22. The van der Waals surface area contributed by atoms with Crippen LogP contribution >= 0.6 is 0 Å². The average molecular weight is 266 g/mol. The van der Waals surface area contributed by atoms with Gasteiger partial charge in [0.15, 0.2) is 0 Å². The molecule has 0 radical (unpaired) electrons. The fraction of sp³-hybridized carbons (Fsp3) is 0.571. The molecule has 0 saturated carbocycles. The van der Waals surface area contributed by atoms with E-state index >= 15 is 0 Å². The third-order valence-corrected chi connectivity index (χ3v) is 3.00. The molecule has 0 spiro atoms. The summed E-state index contributed by atoms with van der Waals surface area (Å²) in [6.45, 7) is 7.59. The van der Waals surface area contributed by atoms with Gasteiger partial charge in [-0.15, -0.1) is 0 Å². The number of nitrogens with zero attached hydrogens (tertiary/aromatic N) is 2. The van der Waals surface area contributed by atoms with Crippen LogP contribution < -0.4 is 4.74 Å². The lowest BCUT2D eigenvalue weighted by Crippen LogP contribution is -2.31. The third kappa shape index (κ3) is 4.87. The Balaban J connectivity index is 2.75. The van der Waals surface area contributed by atoms with E-state index in [1.807, 2.05) is 26.0 Å². The van der Waals surface area contributed by atoms with E-state index in [9.17, 15) is 4.79 Å². The van der Waals surface area contributed by atoms with Gasteiger partial charge >= 0.3 is 5.97 Å². The average Bonchev–Trinajstić information content (AvgIpc) is 2.36. The van der Waals surface area contributed by atoms with Crippen molar-refractivity contribution in [1.82, 2.24) is 9.88 Å². The summed E-state index contributed by atoms with van der Waals surface area (Å²) >= 11 is 0. The van der Waals surface area contributed by atoms with E-state index < -0.39 is 5.97 Å². The van der Waals surface area contributed by atoms with E-state index in [-0.39, 0.29) is 5.92 Å². The Morgan fingerprint density at radius 3 is 2.74 bits per heavy atom. The molecule has 0 fully saturated rings. The number of carbonyl (C=O) groups is 1. The first-order valence-electron chi connectivity index (χ1n) is 6.43. The highest BCUT2D eigenvalue weighted by atomic mass is 16.5. The van der Waals surface area contributed by atoms with Gasteiger partial charge in [0.25, 0.3) is 0 Å². The summed E-state index contributed by atoms with van der Waals surface area (Å²) in [5.41, 5.74) is 1.80. The molecule has 5 heteroatoms. The van der Waals surface area contributed by atoms with Gasteiger partial charge in [0.2, 0.25) is 0 Å². The minimum absolute atomic E-state index is 0.383. The number of aryl methyl sites for hydroxylation is 1. The van der Waals surface area contributed by atoms with Crippen molar-refractivity contribution in [1.29, 1.82) is 0 Å². The van der Waals surface area contributed by atoms with E-state index in [0.29, 0.717) is 13.1 Å². The number of aromatic nitrogens is 1. The van der Waals surface area contributed by atoms with Crippen molar-refractivity contribution in [3.63, 3.8) is 0 Å². The lowest BCUT2D eigenvalue weighted by Gasteiger charge is -2.22. The smallest absolute Gasteiger partial charge is 0.307 e. The van der Waals surface area contributed by atoms with Crippen LogP contribution in [0.4, 0.5) is 0 Å². The number of carboxylic acid groups (broad SMARTS) is 1. The number of aliphatic carboxylic acids is 1. The molecule has 106 valence electrons. The first kappa shape index (κ1) is 15.4. The summed E-state index contributed by atoms with van der Waals surface area (Å²) in [6.07, 6.45) is 0. The quantitative estimate of drug-likeness (QED) is 0.817. The Bertz CT molecular complexity index is 435. The van der Waals surface area contributed by atoms with Gasteiger partial charge in [-0.3, -0.25) is 14.7 Å². The third-order valence-electron chi connectivity index (χ3n) is 3.00. The Morgan fingerprint density at radius 1 is 1.53 bits per heavy atom. The summed E-state index contributed by atoms with van der Waals surface area (Å²) in [6, 6.07) is 3.76. The van der Waals surface area contributed by atoms with Crippen LogP contribution in [0.5, 0.6) is 5.75 Å². The van der Waals surface area contributed by atoms with E-state index in [1.165, 1.54) is 0 Å². The second-order valence-corrected chi connectivity index (χ2v) is 4.71. The Kier molecular flexibility index (Phi) is 5.76. The minimum Gasteiger partial charge on any atom is -0.497 e. The molecule has 0 amide bonds. The summed E-state index contributed by atoms with van der Waals surface area (Å²) in [5, 5.41) is 8.96. The highest BCUT2D eigenvalue weighted by Gasteiger charge is 2.16. The highest BCUT2D eigenvalue weighted by Crippen LogP contribution is 2.15. The number of methoxy groups -OCH3 is 1. The number of ether oxygens (including phenoxy) is 1. The van der Waals surface area contributed by atoms with Crippen LogP contribution in [0.1, 0.15) is 25.2 Å². The van der Waals surface area contributed by atoms with Crippen molar-refractivity contribution in [2.45, 2.75) is 27.3 Å². The van der Waals surface area contributed by atoms with Crippen LogP contribution in [0, 0.1) is 12.8 Å². The number of hydrogen-bond donors (Lipinski definition) is 1. The van der Waals surface area contributed by atoms with Gasteiger partial charge < -0.3 is 9.84 Å². The normalized spacial score (nSPS) is 12.5. The first-order valence-corrected chi connectivity index (χ1v) is 6.43. The zero-order valence-electron chi connectivity index (χ0n) is 12.0. The molecule has 1 aromatic heterocycles. The highest BCUT2D eigenvalue weighted by molar-refractivity contribution is 5.69. The molecule has 0 aliphatic heterocycles. The van der Waals surface area contributed by atoms with E-state index in [2.05, 4.69) is 9.88 Å². The van der Waals surface area contributed by atoms with Crippen LogP contribution in [0.25, 0.3) is 0 Å². The molecule has 5 nitrogen and oxygen atoms in total. The SMILES string of the molecule is CCN(Cc1cc(OC)cc(C)n1)CC(C)C(=O)O. The Hall–Kier alpha value is -1.62. The van der Waals surface area contributed by atoms with Crippen molar-refractivity contribution in [2.24, 2.45) is 5.92 Å². The van der Waals surface area contributed by atoms with Gasteiger partial charge in [0.1, 0.15) is 5.75 Å². The molecule has 1 unspecified atom stereocenters. The molecular weight excluding hydrogens is 244 g/mol.